The third kappa shape index (κ3) is 5.92. The molecule has 1 aromatic heterocycles. The highest BCUT2D eigenvalue weighted by Gasteiger charge is 2.31. The highest BCUT2D eigenvalue weighted by atomic mass is 16.5. The van der Waals surface area contributed by atoms with Gasteiger partial charge in [-0.1, -0.05) is 43.5 Å². The van der Waals surface area contributed by atoms with Gasteiger partial charge >= 0.3 is 0 Å². The summed E-state index contributed by atoms with van der Waals surface area (Å²) in [6.07, 6.45) is 12.3. The first-order chi connectivity index (χ1) is 18.0. The summed E-state index contributed by atoms with van der Waals surface area (Å²) in [5.74, 6) is 2.57. The van der Waals surface area contributed by atoms with Crippen LogP contribution in [0.15, 0.2) is 54.7 Å². The zero-order chi connectivity index (χ0) is 25.8. The van der Waals surface area contributed by atoms with Crippen LogP contribution in [0.4, 0.5) is 5.69 Å². The average molecular weight is 500 g/mol. The summed E-state index contributed by atoms with van der Waals surface area (Å²) >= 11 is 0. The fourth-order valence-corrected chi connectivity index (χ4v) is 6.39. The van der Waals surface area contributed by atoms with E-state index >= 15 is 0 Å². The lowest BCUT2D eigenvalue weighted by atomic mass is 9.78. The molecule has 1 amide bonds. The first-order valence-corrected chi connectivity index (χ1v) is 14.1. The summed E-state index contributed by atoms with van der Waals surface area (Å²) in [7, 11) is 3.68. The van der Waals surface area contributed by atoms with Crippen LogP contribution in [0.2, 0.25) is 0 Å². The zero-order valence-electron chi connectivity index (χ0n) is 22.7. The maximum absolute atomic E-state index is 13.9. The Labute approximate surface area is 221 Å². The second-order valence-corrected chi connectivity index (χ2v) is 11.2. The summed E-state index contributed by atoms with van der Waals surface area (Å²) in [5, 5.41) is 4.59. The lowest BCUT2D eigenvalue weighted by Crippen LogP contribution is -2.41. The van der Waals surface area contributed by atoms with Crippen molar-refractivity contribution in [1.82, 2.24) is 9.78 Å². The van der Waals surface area contributed by atoms with Crippen molar-refractivity contribution in [2.24, 2.45) is 18.9 Å². The molecule has 0 radical (unpaired) electrons. The fourth-order valence-electron chi connectivity index (χ4n) is 6.39. The molecule has 37 heavy (non-hydrogen) atoms. The average Bonchev–Trinajstić information content (AvgIpc) is 3.38. The van der Waals surface area contributed by atoms with E-state index in [1.54, 1.807) is 7.11 Å². The van der Waals surface area contributed by atoms with Crippen molar-refractivity contribution in [3.63, 3.8) is 0 Å². The van der Waals surface area contributed by atoms with Crippen LogP contribution >= 0.6 is 0 Å². The number of carbonyl (C=O) groups is 1. The Hall–Kier alpha value is -3.08. The van der Waals surface area contributed by atoms with Crippen molar-refractivity contribution >= 4 is 11.6 Å². The van der Waals surface area contributed by atoms with E-state index in [4.69, 9.17) is 4.74 Å². The number of hydrogen-bond donors (Lipinski definition) is 0. The quantitative estimate of drug-likeness (QED) is 0.343. The van der Waals surface area contributed by atoms with Gasteiger partial charge in [-0.25, -0.2) is 0 Å². The summed E-state index contributed by atoms with van der Waals surface area (Å²) in [6, 6.07) is 17.1. The van der Waals surface area contributed by atoms with Gasteiger partial charge in [0, 0.05) is 37.0 Å². The number of methoxy groups -OCH3 is 1. The Morgan fingerprint density at radius 1 is 1.00 bits per heavy atom. The van der Waals surface area contributed by atoms with Gasteiger partial charge in [-0.2, -0.15) is 5.10 Å². The van der Waals surface area contributed by atoms with Gasteiger partial charge in [-0.05, 0) is 92.7 Å². The third-order valence-corrected chi connectivity index (χ3v) is 8.57. The smallest absolute Gasteiger partial charge is 0.230 e. The van der Waals surface area contributed by atoms with Crippen molar-refractivity contribution in [3.05, 3.63) is 65.9 Å². The molecule has 0 saturated heterocycles. The predicted octanol–water partition coefficient (Wildman–Crippen LogP) is 7.29. The summed E-state index contributed by atoms with van der Waals surface area (Å²) in [6.45, 7) is 2.94. The number of amides is 1. The number of hydrogen-bond acceptors (Lipinski definition) is 3. The molecule has 2 fully saturated rings. The molecule has 5 nitrogen and oxygen atoms in total. The largest absolute Gasteiger partial charge is 0.496 e. The fraction of sp³-hybridized carbons (Fsp3) is 0.500. The molecule has 5 heteroatoms. The first kappa shape index (κ1) is 25.6. The van der Waals surface area contributed by atoms with Crippen LogP contribution in [0, 0.1) is 18.8 Å². The molecule has 2 aromatic carbocycles. The molecular weight excluding hydrogens is 458 g/mol. The van der Waals surface area contributed by atoms with Crippen LogP contribution in [-0.4, -0.2) is 29.3 Å². The Kier molecular flexibility index (Phi) is 7.97. The molecule has 0 N–H and O–H groups in total. The van der Waals surface area contributed by atoms with Crippen LogP contribution in [0.3, 0.4) is 0 Å². The van der Waals surface area contributed by atoms with Gasteiger partial charge in [0.2, 0.25) is 5.91 Å². The van der Waals surface area contributed by atoms with Crippen LogP contribution in [0.25, 0.3) is 11.3 Å². The lowest BCUT2D eigenvalue weighted by Gasteiger charge is -2.35. The maximum Gasteiger partial charge on any atom is 0.230 e. The topological polar surface area (TPSA) is 47.4 Å². The van der Waals surface area contributed by atoms with E-state index in [2.05, 4.69) is 59.4 Å². The summed E-state index contributed by atoms with van der Waals surface area (Å²) < 4.78 is 7.29. The van der Waals surface area contributed by atoms with Gasteiger partial charge < -0.3 is 9.64 Å². The summed E-state index contributed by atoms with van der Waals surface area (Å²) in [4.78, 5) is 16.0. The molecule has 196 valence electrons. The molecule has 1 heterocycles. The van der Waals surface area contributed by atoms with E-state index in [-0.39, 0.29) is 5.92 Å². The third-order valence-electron chi connectivity index (χ3n) is 8.57. The molecule has 2 aliphatic carbocycles. The van der Waals surface area contributed by atoms with E-state index in [0.717, 1.165) is 54.9 Å². The van der Waals surface area contributed by atoms with Crippen molar-refractivity contribution in [3.8, 4) is 17.0 Å². The second kappa shape index (κ2) is 11.5. The van der Waals surface area contributed by atoms with Gasteiger partial charge in [-0.3, -0.25) is 9.48 Å². The van der Waals surface area contributed by atoms with Gasteiger partial charge in [0.15, 0.2) is 0 Å². The highest BCUT2D eigenvalue weighted by Crippen LogP contribution is 2.39. The zero-order valence-corrected chi connectivity index (χ0v) is 22.7. The summed E-state index contributed by atoms with van der Waals surface area (Å²) in [5.41, 5.74) is 5.67. The maximum atomic E-state index is 13.9. The van der Waals surface area contributed by atoms with Crippen molar-refractivity contribution < 1.29 is 9.53 Å². The molecule has 5 rings (SSSR count). The molecule has 2 saturated carbocycles. The monoisotopic (exact) mass is 499 g/mol. The van der Waals surface area contributed by atoms with E-state index in [0.29, 0.717) is 17.7 Å². The number of ether oxygens (including phenoxy) is 1. The van der Waals surface area contributed by atoms with E-state index in [1.165, 1.54) is 43.2 Å². The van der Waals surface area contributed by atoms with Crippen LogP contribution in [-0.2, 0) is 11.8 Å². The van der Waals surface area contributed by atoms with Crippen LogP contribution in [0.1, 0.15) is 74.8 Å². The number of carbonyl (C=O) groups excluding carboxylic acids is 1. The Balaban J connectivity index is 1.32. The standard InChI is InChI=1S/C32H41N3O2/c1-23-20-27(16-17-31(23)37-3)25-14-12-24(13-15-25)22-35(32(36)26-8-5-4-6-9-26)29-11-7-10-28(21-29)30-18-19-34(2)33-30/h7,10-11,16-21,24-26H,4-6,8-9,12-15,22H2,1-3H3. The number of rotatable bonds is 7. The Morgan fingerprint density at radius 3 is 2.46 bits per heavy atom. The minimum absolute atomic E-state index is 0.158. The molecule has 0 unspecified atom stereocenters. The number of anilines is 1. The molecule has 0 bridgehead atoms. The number of nitrogens with zero attached hydrogens (tertiary/aromatic N) is 3. The molecule has 2 aliphatic rings. The van der Waals surface area contributed by atoms with E-state index in [1.807, 2.05) is 24.0 Å². The lowest BCUT2D eigenvalue weighted by molar-refractivity contribution is -0.123. The normalized spacial score (nSPS) is 20.5. The molecule has 0 spiro atoms. The SMILES string of the molecule is COc1ccc(C2CCC(CN(C(=O)C3CCCCC3)c3cccc(-c4ccn(C)n4)c3)CC2)cc1C. The number of benzene rings is 2. The van der Waals surface area contributed by atoms with E-state index in [9.17, 15) is 4.79 Å². The first-order valence-electron chi connectivity index (χ1n) is 14.1. The van der Waals surface area contributed by atoms with Gasteiger partial charge in [0.1, 0.15) is 5.75 Å². The van der Waals surface area contributed by atoms with Crippen LogP contribution < -0.4 is 9.64 Å². The molecule has 0 atom stereocenters. The van der Waals surface area contributed by atoms with E-state index < -0.39 is 0 Å². The minimum Gasteiger partial charge on any atom is -0.496 e. The number of aromatic nitrogens is 2. The van der Waals surface area contributed by atoms with Gasteiger partial charge in [0.25, 0.3) is 0 Å². The van der Waals surface area contributed by atoms with Gasteiger partial charge in [0.05, 0.1) is 12.8 Å². The highest BCUT2D eigenvalue weighted by molar-refractivity contribution is 5.95. The van der Waals surface area contributed by atoms with Crippen molar-refractivity contribution in [2.75, 3.05) is 18.6 Å². The number of aryl methyl sites for hydroxylation is 2. The van der Waals surface area contributed by atoms with Crippen LogP contribution in [0.5, 0.6) is 5.75 Å². The molecular formula is C32H41N3O2. The Bertz CT molecular complexity index is 1200. The molecule has 0 aliphatic heterocycles. The second-order valence-electron chi connectivity index (χ2n) is 11.2. The Morgan fingerprint density at radius 2 is 1.78 bits per heavy atom. The van der Waals surface area contributed by atoms with Crippen molar-refractivity contribution in [1.29, 1.82) is 0 Å². The molecule has 3 aromatic rings. The van der Waals surface area contributed by atoms with Crippen molar-refractivity contribution in [2.45, 2.75) is 70.6 Å². The van der Waals surface area contributed by atoms with Gasteiger partial charge in [-0.15, -0.1) is 0 Å². The predicted molar refractivity (Wildman–Crippen MR) is 150 cm³/mol. The minimum atomic E-state index is 0.158.